The van der Waals surface area contributed by atoms with Gasteiger partial charge in [0.1, 0.15) is 11.9 Å². The smallest absolute Gasteiger partial charge is 0.247 e. The second kappa shape index (κ2) is 10.7. The molecule has 3 aromatic carbocycles. The van der Waals surface area contributed by atoms with E-state index in [4.69, 9.17) is 0 Å². The fraction of sp³-hybridized carbons (Fsp3) is 0.192. The van der Waals surface area contributed by atoms with Gasteiger partial charge in [0.15, 0.2) is 0 Å². The van der Waals surface area contributed by atoms with Gasteiger partial charge in [0.05, 0.1) is 11.4 Å². The zero-order chi connectivity index (χ0) is 24.9. The zero-order valence-corrected chi connectivity index (χ0v) is 20.1. The minimum Gasteiger partial charge on any atom is -0.330 e. The number of hydrogen-bond donors (Lipinski definition) is 1. The predicted octanol–water partition coefficient (Wildman–Crippen LogP) is 4.19. The zero-order valence-electron chi connectivity index (χ0n) is 19.3. The Morgan fingerprint density at radius 2 is 1.83 bits per heavy atom. The lowest BCUT2D eigenvalue weighted by molar-refractivity contribution is -0.134. The van der Waals surface area contributed by atoms with Crippen LogP contribution in [-0.4, -0.2) is 55.3 Å². The van der Waals surface area contributed by atoms with Crippen molar-refractivity contribution in [3.05, 3.63) is 84.7 Å². The van der Waals surface area contributed by atoms with Crippen molar-refractivity contribution in [2.75, 3.05) is 17.6 Å². The van der Waals surface area contributed by atoms with Crippen molar-refractivity contribution < 1.29 is 14.0 Å². The van der Waals surface area contributed by atoms with E-state index in [9.17, 15) is 14.0 Å². The fourth-order valence-electron chi connectivity index (χ4n) is 4.26. The van der Waals surface area contributed by atoms with Crippen LogP contribution in [-0.2, 0) is 9.59 Å². The normalized spacial score (nSPS) is 15.1. The number of likely N-dealkylation sites (tertiary alicyclic amines) is 1. The summed E-state index contributed by atoms with van der Waals surface area (Å²) in [5, 5.41) is 15.2. The molecule has 0 aliphatic carbocycles. The molecule has 8 nitrogen and oxygen atoms in total. The molecule has 2 heterocycles. The summed E-state index contributed by atoms with van der Waals surface area (Å²) < 4.78 is 15.4. The quantitative estimate of drug-likeness (QED) is 0.381. The highest BCUT2D eigenvalue weighted by atomic mass is 32.2. The van der Waals surface area contributed by atoms with Crippen LogP contribution in [0.5, 0.6) is 0 Å². The van der Waals surface area contributed by atoms with Crippen LogP contribution in [0.15, 0.2) is 84.0 Å². The number of tetrazole rings is 1. The molecule has 1 aliphatic heterocycles. The first kappa shape index (κ1) is 23.7. The summed E-state index contributed by atoms with van der Waals surface area (Å²) in [6.07, 6.45) is 1.31. The second-order valence-corrected chi connectivity index (χ2v) is 9.23. The number of aromatic nitrogens is 4. The molecule has 1 saturated heterocycles. The van der Waals surface area contributed by atoms with Crippen molar-refractivity contribution in [1.29, 1.82) is 0 Å². The topological polar surface area (TPSA) is 93.0 Å². The number of halogens is 1. The van der Waals surface area contributed by atoms with Gasteiger partial charge in [-0.3, -0.25) is 9.59 Å². The molecule has 1 atom stereocenters. The van der Waals surface area contributed by atoms with Crippen LogP contribution in [0.3, 0.4) is 0 Å². The van der Waals surface area contributed by atoms with E-state index in [2.05, 4.69) is 20.8 Å². The number of nitrogens with one attached hydrogen (secondary N) is 1. The Morgan fingerprint density at radius 3 is 2.67 bits per heavy atom. The van der Waals surface area contributed by atoms with Crippen molar-refractivity contribution in [3.8, 4) is 16.8 Å². The maximum absolute atomic E-state index is 13.8. The molecular weight excluding hydrogens is 479 g/mol. The van der Waals surface area contributed by atoms with E-state index >= 15 is 0 Å². The van der Waals surface area contributed by atoms with Crippen molar-refractivity contribution in [3.63, 3.8) is 0 Å². The molecule has 2 amide bonds. The van der Waals surface area contributed by atoms with Crippen LogP contribution in [0.25, 0.3) is 16.8 Å². The van der Waals surface area contributed by atoms with Gasteiger partial charge in [0, 0.05) is 17.8 Å². The van der Waals surface area contributed by atoms with Gasteiger partial charge in [-0.25, -0.2) is 4.39 Å². The lowest BCUT2D eigenvalue weighted by atomic mass is 10.0. The highest BCUT2D eigenvalue weighted by Gasteiger charge is 2.34. The number of nitrogens with zero attached hydrogens (tertiary/aromatic N) is 5. The van der Waals surface area contributed by atoms with Crippen molar-refractivity contribution >= 4 is 29.3 Å². The summed E-state index contributed by atoms with van der Waals surface area (Å²) in [7, 11) is 0. The SMILES string of the molecule is O=C(Nc1ccccc1-c1cccc(F)c1)[C@@H]1CCCN1C(=O)CSc1nnnn1-c1ccccc1. The molecule has 1 aliphatic rings. The molecule has 10 heteroatoms. The predicted molar refractivity (Wildman–Crippen MR) is 135 cm³/mol. The maximum atomic E-state index is 13.8. The number of amides is 2. The maximum Gasteiger partial charge on any atom is 0.247 e. The first-order valence-corrected chi connectivity index (χ1v) is 12.5. The molecule has 5 rings (SSSR count). The Bertz CT molecular complexity index is 1380. The number of benzene rings is 3. The molecule has 0 radical (unpaired) electrons. The molecule has 182 valence electrons. The van der Waals surface area contributed by atoms with E-state index in [-0.39, 0.29) is 23.4 Å². The highest BCUT2D eigenvalue weighted by molar-refractivity contribution is 7.99. The minimum absolute atomic E-state index is 0.108. The third-order valence-corrected chi connectivity index (χ3v) is 6.87. The lowest BCUT2D eigenvalue weighted by Gasteiger charge is -2.24. The Labute approximate surface area is 211 Å². The Hall–Kier alpha value is -4.05. The van der Waals surface area contributed by atoms with E-state index < -0.39 is 6.04 Å². The molecule has 0 unspecified atom stereocenters. The average molecular weight is 503 g/mol. The summed E-state index contributed by atoms with van der Waals surface area (Å²) in [6, 6.07) is 22.3. The number of anilines is 1. The van der Waals surface area contributed by atoms with Gasteiger partial charge in [-0.1, -0.05) is 60.3 Å². The number of thioether (sulfide) groups is 1. The van der Waals surface area contributed by atoms with Crippen LogP contribution in [0.2, 0.25) is 0 Å². The van der Waals surface area contributed by atoms with Gasteiger partial charge in [-0.05, 0) is 59.2 Å². The first-order chi connectivity index (χ1) is 17.6. The Balaban J connectivity index is 1.26. The summed E-state index contributed by atoms with van der Waals surface area (Å²) in [4.78, 5) is 27.9. The standard InChI is InChI=1S/C26H23FN6O2S/c27-19-9-6-8-18(16-19)21-12-4-5-13-22(21)28-25(35)23-14-7-15-32(23)24(34)17-36-26-29-30-31-33(26)20-10-2-1-3-11-20/h1-6,8-13,16,23H,7,14-15,17H2,(H,28,35)/t23-/m0/s1. The van der Waals surface area contributed by atoms with Gasteiger partial charge < -0.3 is 10.2 Å². The van der Waals surface area contributed by atoms with Crippen molar-refractivity contribution in [1.82, 2.24) is 25.1 Å². The van der Waals surface area contributed by atoms with Crippen LogP contribution >= 0.6 is 11.8 Å². The largest absolute Gasteiger partial charge is 0.330 e. The third-order valence-electron chi connectivity index (χ3n) is 5.96. The summed E-state index contributed by atoms with van der Waals surface area (Å²) in [6.45, 7) is 0.507. The molecule has 36 heavy (non-hydrogen) atoms. The Morgan fingerprint density at radius 1 is 1.03 bits per heavy atom. The van der Waals surface area contributed by atoms with E-state index in [1.807, 2.05) is 48.5 Å². The lowest BCUT2D eigenvalue weighted by Crippen LogP contribution is -2.44. The van der Waals surface area contributed by atoms with E-state index in [1.54, 1.807) is 27.8 Å². The van der Waals surface area contributed by atoms with Crippen molar-refractivity contribution in [2.24, 2.45) is 0 Å². The average Bonchev–Trinajstić information content (AvgIpc) is 3.58. The first-order valence-electron chi connectivity index (χ1n) is 11.5. The van der Waals surface area contributed by atoms with Crippen LogP contribution in [0.4, 0.5) is 10.1 Å². The summed E-state index contributed by atoms with van der Waals surface area (Å²) in [5.74, 6) is -0.656. The fourth-order valence-corrected chi connectivity index (χ4v) is 5.04. The number of hydrogen-bond acceptors (Lipinski definition) is 6. The summed E-state index contributed by atoms with van der Waals surface area (Å²) in [5.41, 5.74) is 2.75. The molecule has 1 fully saturated rings. The molecule has 1 N–H and O–H groups in total. The monoisotopic (exact) mass is 502 g/mol. The number of para-hydroxylation sites is 2. The third kappa shape index (κ3) is 5.13. The van der Waals surface area contributed by atoms with Gasteiger partial charge in [-0.15, -0.1) is 5.10 Å². The van der Waals surface area contributed by atoms with Gasteiger partial charge in [0.2, 0.25) is 17.0 Å². The van der Waals surface area contributed by atoms with Gasteiger partial charge in [-0.2, -0.15) is 4.68 Å². The van der Waals surface area contributed by atoms with Crippen LogP contribution < -0.4 is 5.32 Å². The van der Waals surface area contributed by atoms with Gasteiger partial charge >= 0.3 is 0 Å². The number of rotatable bonds is 7. The molecule has 1 aromatic heterocycles. The van der Waals surface area contributed by atoms with Gasteiger partial charge in [0.25, 0.3) is 0 Å². The molecule has 0 spiro atoms. The molecule has 0 bridgehead atoms. The summed E-state index contributed by atoms with van der Waals surface area (Å²) >= 11 is 1.23. The van der Waals surface area contributed by atoms with Crippen LogP contribution in [0.1, 0.15) is 12.8 Å². The number of carbonyl (C=O) groups excluding carboxylic acids is 2. The van der Waals surface area contributed by atoms with E-state index in [0.717, 1.165) is 12.1 Å². The van der Waals surface area contributed by atoms with Crippen molar-refractivity contribution in [2.45, 2.75) is 24.0 Å². The van der Waals surface area contributed by atoms with E-state index in [1.165, 1.54) is 23.9 Å². The molecular formula is C26H23FN6O2S. The highest BCUT2D eigenvalue weighted by Crippen LogP contribution is 2.30. The van der Waals surface area contributed by atoms with E-state index in [0.29, 0.717) is 34.9 Å². The minimum atomic E-state index is -0.580. The molecule has 4 aromatic rings. The second-order valence-electron chi connectivity index (χ2n) is 8.29. The number of carbonyl (C=O) groups is 2. The molecule has 0 saturated carbocycles. The van der Waals surface area contributed by atoms with Crippen LogP contribution in [0, 0.1) is 5.82 Å². The Kier molecular flexibility index (Phi) is 7.03.